The van der Waals surface area contributed by atoms with Crippen molar-refractivity contribution in [3.05, 3.63) is 65.2 Å². The van der Waals surface area contributed by atoms with Gasteiger partial charge < -0.3 is 0 Å². The molecule has 0 aliphatic carbocycles. The molecular formula is C19H20F2N2O3S. The number of ketones is 1. The van der Waals surface area contributed by atoms with Gasteiger partial charge in [-0.1, -0.05) is 0 Å². The fraction of sp³-hybridized carbons (Fsp3) is 0.316. The minimum atomic E-state index is -3.68. The zero-order valence-corrected chi connectivity index (χ0v) is 15.7. The summed E-state index contributed by atoms with van der Waals surface area (Å²) in [6.45, 7) is 3.06. The van der Waals surface area contributed by atoms with Crippen LogP contribution in [0.15, 0.2) is 47.4 Å². The summed E-state index contributed by atoms with van der Waals surface area (Å²) in [4.78, 5) is 14.3. The van der Waals surface area contributed by atoms with Crippen LogP contribution in [0.2, 0.25) is 0 Å². The molecule has 0 aromatic heterocycles. The Morgan fingerprint density at radius 3 is 2.22 bits per heavy atom. The standard InChI is InChI=1S/C19H20F2N2O3S/c1-14-12-15(2-7-18(14)21)19(24)13-22-8-10-23(11-9-22)27(25,26)17-5-3-16(20)4-6-17/h2-7,12H,8-11,13H2,1H3. The van der Waals surface area contributed by atoms with Crippen molar-refractivity contribution < 1.29 is 22.0 Å². The molecule has 8 heteroatoms. The molecule has 1 saturated heterocycles. The van der Waals surface area contributed by atoms with Crippen molar-refractivity contribution in [3.8, 4) is 0 Å². The third-order valence-corrected chi connectivity index (χ3v) is 6.54. The summed E-state index contributed by atoms with van der Waals surface area (Å²) < 4.78 is 52.9. The molecule has 1 heterocycles. The van der Waals surface area contributed by atoms with Crippen molar-refractivity contribution in [1.29, 1.82) is 0 Å². The van der Waals surface area contributed by atoms with Crippen molar-refractivity contribution in [1.82, 2.24) is 9.21 Å². The number of benzene rings is 2. The van der Waals surface area contributed by atoms with Gasteiger partial charge in [-0.25, -0.2) is 17.2 Å². The molecule has 0 bridgehead atoms. The summed E-state index contributed by atoms with van der Waals surface area (Å²) in [5.74, 6) is -0.979. The molecule has 0 unspecified atom stereocenters. The first-order chi connectivity index (χ1) is 12.8. The van der Waals surface area contributed by atoms with Gasteiger partial charge in [-0.2, -0.15) is 4.31 Å². The van der Waals surface area contributed by atoms with E-state index in [4.69, 9.17) is 0 Å². The number of halogens is 2. The maximum atomic E-state index is 13.3. The zero-order valence-electron chi connectivity index (χ0n) is 14.9. The Labute approximate surface area is 157 Å². The van der Waals surface area contributed by atoms with Crippen LogP contribution in [0.25, 0.3) is 0 Å². The number of rotatable bonds is 5. The average Bonchev–Trinajstić information content (AvgIpc) is 2.64. The van der Waals surface area contributed by atoms with Crippen LogP contribution in [0, 0.1) is 18.6 Å². The predicted octanol–water partition coefficient (Wildman–Crippen LogP) is 2.46. The Morgan fingerprint density at radius 1 is 1.00 bits per heavy atom. The first-order valence-electron chi connectivity index (χ1n) is 8.55. The summed E-state index contributed by atoms with van der Waals surface area (Å²) >= 11 is 0. The van der Waals surface area contributed by atoms with Crippen molar-refractivity contribution in [2.45, 2.75) is 11.8 Å². The van der Waals surface area contributed by atoms with Crippen LogP contribution in [0.1, 0.15) is 15.9 Å². The fourth-order valence-corrected chi connectivity index (χ4v) is 4.42. The van der Waals surface area contributed by atoms with E-state index < -0.39 is 15.8 Å². The molecule has 0 saturated carbocycles. The van der Waals surface area contributed by atoms with Gasteiger partial charge in [-0.15, -0.1) is 0 Å². The Bertz CT molecular complexity index is 938. The molecule has 1 aliphatic heterocycles. The second kappa shape index (κ2) is 7.84. The first-order valence-corrected chi connectivity index (χ1v) is 9.99. The van der Waals surface area contributed by atoms with Gasteiger partial charge in [0.25, 0.3) is 0 Å². The van der Waals surface area contributed by atoms with Gasteiger partial charge in [-0.3, -0.25) is 9.69 Å². The van der Waals surface area contributed by atoms with E-state index >= 15 is 0 Å². The van der Waals surface area contributed by atoms with Crippen LogP contribution in [-0.2, 0) is 10.0 Å². The molecule has 2 aromatic rings. The van der Waals surface area contributed by atoms with E-state index in [0.29, 0.717) is 24.2 Å². The second-order valence-corrected chi connectivity index (χ2v) is 8.46. The maximum absolute atomic E-state index is 13.3. The van der Waals surface area contributed by atoms with Crippen LogP contribution < -0.4 is 0 Å². The van der Waals surface area contributed by atoms with E-state index in [1.54, 1.807) is 6.92 Å². The minimum Gasteiger partial charge on any atom is -0.293 e. The summed E-state index contributed by atoms with van der Waals surface area (Å²) in [5, 5.41) is 0. The molecule has 0 radical (unpaired) electrons. The minimum absolute atomic E-state index is 0.0511. The van der Waals surface area contributed by atoms with Gasteiger partial charge in [0.1, 0.15) is 11.6 Å². The zero-order chi connectivity index (χ0) is 19.6. The Kier molecular flexibility index (Phi) is 5.69. The quantitative estimate of drug-likeness (QED) is 0.731. The number of aryl methyl sites for hydroxylation is 1. The third kappa shape index (κ3) is 4.40. The van der Waals surface area contributed by atoms with Gasteiger partial charge in [0.05, 0.1) is 11.4 Å². The lowest BCUT2D eigenvalue weighted by atomic mass is 10.1. The average molecular weight is 394 g/mol. The SMILES string of the molecule is Cc1cc(C(=O)CN2CCN(S(=O)(=O)c3ccc(F)cc3)CC2)ccc1F. The highest BCUT2D eigenvalue weighted by Crippen LogP contribution is 2.18. The van der Waals surface area contributed by atoms with E-state index in [0.717, 1.165) is 12.1 Å². The number of hydrogen-bond acceptors (Lipinski definition) is 4. The first kappa shape index (κ1) is 19.6. The van der Waals surface area contributed by atoms with Gasteiger partial charge in [0.2, 0.25) is 10.0 Å². The van der Waals surface area contributed by atoms with E-state index in [-0.39, 0.29) is 36.1 Å². The maximum Gasteiger partial charge on any atom is 0.243 e. The summed E-state index contributed by atoms with van der Waals surface area (Å²) in [6.07, 6.45) is 0. The number of nitrogens with zero attached hydrogens (tertiary/aromatic N) is 2. The lowest BCUT2D eigenvalue weighted by molar-refractivity contribution is 0.0901. The predicted molar refractivity (Wildman–Crippen MR) is 97.1 cm³/mol. The van der Waals surface area contributed by atoms with E-state index in [1.807, 2.05) is 4.90 Å². The topological polar surface area (TPSA) is 57.7 Å². The van der Waals surface area contributed by atoms with Crippen molar-refractivity contribution >= 4 is 15.8 Å². The molecule has 0 atom stereocenters. The molecule has 5 nitrogen and oxygen atoms in total. The molecule has 1 aliphatic rings. The number of hydrogen-bond donors (Lipinski definition) is 0. The lowest BCUT2D eigenvalue weighted by Crippen LogP contribution is -2.49. The van der Waals surface area contributed by atoms with Crippen LogP contribution in [0.3, 0.4) is 0 Å². The molecule has 27 heavy (non-hydrogen) atoms. The molecular weight excluding hydrogens is 374 g/mol. The van der Waals surface area contributed by atoms with E-state index in [9.17, 15) is 22.0 Å². The molecule has 1 fully saturated rings. The fourth-order valence-electron chi connectivity index (χ4n) is 3.00. The van der Waals surface area contributed by atoms with Crippen molar-refractivity contribution in [2.24, 2.45) is 0 Å². The number of piperazine rings is 1. The van der Waals surface area contributed by atoms with Crippen LogP contribution in [0.5, 0.6) is 0 Å². The smallest absolute Gasteiger partial charge is 0.243 e. The van der Waals surface area contributed by atoms with Gasteiger partial charge in [0, 0.05) is 31.7 Å². The number of carbonyl (C=O) groups excluding carboxylic acids is 1. The number of Topliss-reactive ketones (excluding diaryl/α,β-unsaturated/α-hetero) is 1. The van der Waals surface area contributed by atoms with Crippen LogP contribution in [0.4, 0.5) is 8.78 Å². The highest BCUT2D eigenvalue weighted by Gasteiger charge is 2.29. The van der Waals surface area contributed by atoms with Crippen molar-refractivity contribution in [3.63, 3.8) is 0 Å². The largest absolute Gasteiger partial charge is 0.293 e. The lowest BCUT2D eigenvalue weighted by Gasteiger charge is -2.33. The highest BCUT2D eigenvalue weighted by molar-refractivity contribution is 7.89. The Morgan fingerprint density at radius 2 is 1.63 bits per heavy atom. The molecule has 3 rings (SSSR count). The van der Waals surface area contributed by atoms with Gasteiger partial charge >= 0.3 is 0 Å². The third-order valence-electron chi connectivity index (χ3n) is 4.63. The monoisotopic (exact) mass is 394 g/mol. The molecule has 2 aromatic carbocycles. The molecule has 0 amide bonds. The number of sulfonamides is 1. The van der Waals surface area contributed by atoms with Crippen LogP contribution in [-0.4, -0.2) is 56.1 Å². The van der Waals surface area contributed by atoms with Crippen molar-refractivity contribution in [2.75, 3.05) is 32.7 Å². The highest BCUT2D eigenvalue weighted by atomic mass is 32.2. The Balaban J connectivity index is 1.60. The van der Waals surface area contributed by atoms with Gasteiger partial charge in [-0.05, 0) is 55.0 Å². The molecule has 144 valence electrons. The van der Waals surface area contributed by atoms with Gasteiger partial charge in [0.15, 0.2) is 5.78 Å². The summed E-state index contributed by atoms with van der Waals surface area (Å²) in [7, 11) is -3.68. The normalized spacial score (nSPS) is 16.4. The van der Waals surface area contributed by atoms with E-state index in [2.05, 4.69) is 0 Å². The summed E-state index contributed by atoms with van der Waals surface area (Å²) in [5.41, 5.74) is 0.853. The Hall–Kier alpha value is -2.16. The number of carbonyl (C=O) groups is 1. The van der Waals surface area contributed by atoms with E-state index in [1.165, 1.54) is 34.6 Å². The summed E-state index contributed by atoms with van der Waals surface area (Å²) in [6, 6.07) is 8.98. The second-order valence-electron chi connectivity index (χ2n) is 6.52. The molecule has 0 spiro atoms. The van der Waals surface area contributed by atoms with Crippen LogP contribution >= 0.6 is 0 Å². The molecule has 0 N–H and O–H groups in total.